The summed E-state index contributed by atoms with van der Waals surface area (Å²) in [5.74, 6) is -10.3. The van der Waals surface area contributed by atoms with Gasteiger partial charge in [0.2, 0.25) is 11.2 Å². The van der Waals surface area contributed by atoms with Gasteiger partial charge in [0.25, 0.3) is 23.6 Å². The van der Waals surface area contributed by atoms with Crippen LogP contribution in [-0.4, -0.2) is 166 Å². The molecule has 472 valence electrons. The van der Waals surface area contributed by atoms with Crippen molar-refractivity contribution in [1.29, 1.82) is 0 Å². The Hall–Kier alpha value is -6.66. The van der Waals surface area contributed by atoms with Crippen LogP contribution in [0.15, 0.2) is 98.0 Å². The van der Waals surface area contributed by atoms with Gasteiger partial charge in [-0.15, -0.1) is 92.4 Å². The number of thiazole rings is 2. The van der Waals surface area contributed by atoms with Crippen molar-refractivity contribution in [3.05, 3.63) is 102 Å². The third kappa shape index (κ3) is 15.4. The molecule has 2 saturated heterocycles. The molecular formula is C52H44N10Na2O20S8. The Bertz CT molecular complexity index is 4050. The fourth-order valence-corrected chi connectivity index (χ4v) is 16.9. The Balaban J connectivity index is 0.000000255. The first-order valence-corrected chi connectivity index (χ1v) is 32.9. The number of benzene rings is 2. The molecule has 0 saturated carbocycles. The predicted octanol–water partition coefficient (Wildman–Crippen LogP) is -5.01. The van der Waals surface area contributed by atoms with E-state index in [2.05, 4.69) is 30.9 Å². The quantitative estimate of drug-likeness (QED) is 0.00854. The van der Waals surface area contributed by atoms with Crippen molar-refractivity contribution in [2.24, 2.45) is 10.3 Å². The number of carbonyl (C=O) groups is 8. The predicted molar refractivity (Wildman–Crippen MR) is 330 cm³/mol. The summed E-state index contributed by atoms with van der Waals surface area (Å²) >= 11 is 9.02. The van der Waals surface area contributed by atoms with Crippen LogP contribution in [0.25, 0.3) is 20.2 Å². The van der Waals surface area contributed by atoms with E-state index >= 15 is 0 Å². The average Bonchev–Trinajstić information content (AvgIpc) is 0.752. The zero-order valence-electron chi connectivity index (χ0n) is 48.3. The molecule has 0 radical (unpaired) electrons. The average molecular weight is 1430 g/mol. The van der Waals surface area contributed by atoms with Crippen LogP contribution >= 0.6 is 92.4 Å². The summed E-state index contributed by atoms with van der Waals surface area (Å²) < 4.78 is 1.86. The van der Waals surface area contributed by atoms with Crippen LogP contribution in [0.5, 0.6) is 23.0 Å². The number of nitrogens with two attached hydrogens (primary N) is 2. The van der Waals surface area contributed by atoms with Crippen molar-refractivity contribution < 1.29 is 148 Å². The van der Waals surface area contributed by atoms with E-state index in [-0.39, 0.29) is 137 Å². The molecule has 0 unspecified atom stereocenters. The van der Waals surface area contributed by atoms with Crippen LogP contribution in [0.2, 0.25) is 0 Å². The first-order chi connectivity index (χ1) is 42.3. The standard InChI is InChI=1S/2C26H23N5O10S4.2Na/c2*1-26(2,24(39)40)41-30-17(11-8-44-25(27)28-11)20(35)29-18-21(36)31-19(23(37)38)9(7-43-22(18)31)6-42-16-5-12(32)10-3-13(33)14(34)4-15(10)45-16;;/h2*3-5,8,18,22,33-34H,6-7H2,1-2H3,(H2,27,28)(H,29,35)(H,37,38)(H,39,40);;/q;;2*+1/p-2/b2*30-17-;;/t2*18-,22-;;/m11../s1. The van der Waals surface area contributed by atoms with Crippen molar-refractivity contribution in [2.75, 3.05) is 34.5 Å². The molecule has 4 amide bonds. The number of aromatic hydroxyl groups is 4. The number of oxime groups is 2. The number of nitrogen functional groups attached to an aromatic ring is 2. The smallest absolute Gasteiger partial charge is 0.543 e. The number of carbonyl (C=O) groups excluding carboxylic acids is 6. The monoisotopic (exact) mass is 1430 g/mol. The number of nitrogens with zero attached hydrogens (tertiary/aromatic N) is 6. The molecular weight excluding hydrogens is 1390 g/mol. The number of aromatic nitrogens is 2. The first kappa shape index (κ1) is 72.8. The second-order valence-electron chi connectivity index (χ2n) is 20.1. The molecule has 10 rings (SSSR count). The number of hydrogen-bond acceptors (Lipinski definition) is 32. The molecule has 4 aliphatic heterocycles. The van der Waals surface area contributed by atoms with E-state index in [1.807, 2.05) is 0 Å². The van der Waals surface area contributed by atoms with Crippen LogP contribution < -0.4 is 102 Å². The molecule has 40 heteroatoms. The molecule has 8 heterocycles. The molecule has 0 aliphatic carbocycles. The number of phenols is 4. The minimum absolute atomic E-state index is 0. The molecule has 4 atom stereocenters. The Morgan fingerprint density at radius 1 is 0.620 bits per heavy atom. The molecule has 2 aromatic carbocycles. The van der Waals surface area contributed by atoms with Gasteiger partial charge < -0.3 is 82.2 Å². The number of nitrogens with one attached hydrogen (secondary N) is 2. The van der Waals surface area contributed by atoms with E-state index in [9.17, 15) is 88.8 Å². The minimum atomic E-state index is -1.80. The van der Waals surface area contributed by atoms with Crippen LogP contribution in [0.1, 0.15) is 39.1 Å². The normalized spacial score (nSPS) is 18.0. The van der Waals surface area contributed by atoms with Crippen molar-refractivity contribution in [3.8, 4) is 23.0 Å². The minimum Gasteiger partial charge on any atom is -0.543 e. The topological polar surface area (TPSA) is 490 Å². The van der Waals surface area contributed by atoms with Gasteiger partial charge >= 0.3 is 71.1 Å². The molecule has 30 nitrogen and oxygen atoms in total. The van der Waals surface area contributed by atoms with Gasteiger partial charge in [-0.1, -0.05) is 10.3 Å². The maximum atomic E-state index is 13.2. The van der Waals surface area contributed by atoms with Crippen molar-refractivity contribution >= 4 is 182 Å². The SMILES string of the molecule is CC(C)(O/N=C(\C(=O)N[C@@H]1C(=O)N2C(C(=O)[O-])=C(CSc3cc(=O)c4cc(O)c(O)cc4s3)CS[C@H]12)c1csc(N)n1)C(=O)O.CC(C)(O/N=C(\C(=O)N[C@@H]1C(=O)N2C(C(=O)[O-])=C(CSc3cc(=O)c4cc(O)c(O)cc4s3)CS[C@H]12)c1csc(N)n1)C(=O)O.[Na+].[Na+]. The van der Waals surface area contributed by atoms with Gasteiger partial charge in [-0.05, 0) is 51.0 Å². The fraction of sp³-hybridized carbons (Fsp3) is 0.269. The Kier molecular flexibility index (Phi) is 23.2. The Morgan fingerprint density at radius 2 is 0.967 bits per heavy atom. The number of aliphatic carboxylic acids is 4. The van der Waals surface area contributed by atoms with E-state index in [1.165, 1.54) is 98.4 Å². The number of carboxylic acid groups (broad SMARTS) is 4. The summed E-state index contributed by atoms with van der Waals surface area (Å²) in [6.07, 6.45) is 0. The number of β-lactam (4-membered cyclic amide) rings is 2. The largest absolute Gasteiger partial charge is 1.00 e. The summed E-state index contributed by atoms with van der Waals surface area (Å²) in [5, 5.41) is 96.3. The van der Waals surface area contributed by atoms with Gasteiger partial charge in [0.15, 0.2) is 55.5 Å². The molecule has 4 aliphatic rings. The summed E-state index contributed by atoms with van der Waals surface area (Å²) in [6.45, 7) is 4.87. The summed E-state index contributed by atoms with van der Waals surface area (Å²) in [6, 6.07) is 5.22. The number of rotatable bonds is 20. The third-order valence-electron chi connectivity index (χ3n) is 13.2. The van der Waals surface area contributed by atoms with Gasteiger partial charge in [-0.2, -0.15) is 0 Å². The number of anilines is 2. The van der Waals surface area contributed by atoms with E-state index in [4.69, 9.17) is 21.1 Å². The number of phenolic OH excluding ortho intramolecular Hbond substituents is 4. The number of carboxylic acids is 4. The molecule has 6 aromatic rings. The summed E-state index contributed by atoms with van der Waals surface area (Å²) in [4.78, 5) is 145. The van der Waals surface area contributed by atoms with Crippen molar-refractivity contribution in [2.45, 2.75) is 70.1 Å². The molecule has 4 aromatic heterocycles. The van der Waals surface area contributed by atoms with Gasteiger partial charge in [0.1, 0.15) is 34.2 Å². The van der Waals surface area contributed by atoms with E-state index in [1.54, 1.807) is 0 Å². The van der Waals surface area contributed by atoms with E-state index in [0.29, 0.717) is 29.0 Å². The maximum absolute atomic E-state index is 13.2. The number of fused-ring (bicyclic) bond motifs is 4. The summed E-state index contributed by atoms with van der Waals surface area (Å²) in [5.41, 5.74) is 6.08. The van der Waals surface area contributed by atoms with Gasteiger partial charge in [-0.25, -0.2) is 19.6 Å². The fourth-order valence-electron chi connectivity index (χ4n) is 8.36. The molecule has 12 N–H and O–H groups in total. The zero-order valence-corrected chi connectivity index (χ0v) is 58.8. The Morgan fingerprint density at radius 3 is 1.28 bits per heavy atom. The van der Waals surface area contributed by atoms with Crippen molar-refractivity contribution in [3.63, 3.8) is 0 Å². The van der Waals surface area contributed by atoms with Gasteiger partial charge in [0.05, 0.1) is 31.8 Å². The van der Waals surface area contributed by atoms with Crippen LogP contribution in [0, 0.1) is 0 Å². The summed E-state index contributed by atoms with van der Waals surface area (Å²) in [7, 11) is 0. The number of thioether (sulfide) groups is 4. The first-order valence-electron chi connectivity index (χ1n) is 25.4. The van der Waals surface area contributed by atoms with Gasteiger partial charge in [-0.3, -0.25) is 38.6 Å². The third-order valence-corrected chi connectivity index (χ3v) is 21.9. The van der Waals surface area contributed by atoms with Crippen LogP contribution in [-0.2, 0) is 48.0 Å². The van der Waals surface area contributed by atoms with E-state index < -0.39 is 115 Å². The molecule has 2 fully saturated rings. The number of hydrogen-bond donors (Lipinski definition) is 10. The zero-order chi connectivity index (χ0) is 65.6. The van der Waals surface area contributed by atoms with Crippen molar-refractivity contribution in [1.82, 2.24) is 30.4 Å². The number of amides is 4. The second-order valence-corrected chi connectivity index (χ2v) is 28.9. The van der Waals surface area contributed by atoms with Crippen LogP contribution in [0.4, 0.5) is 10.3 Å². The van der Waals surface area contributed by atoms with Gasteiger partial charge in [0, 0.05) is 78.2 Å². The molecule has 0 bridgehead atoms. The van der Waals surface area contributed by atoms with Crippen LogP contribution in [0.3, 0.4) is 0 Å². The Labute approximate surface area is 593 Å². The maximum Gasteiger partial charge on any atom is 1.00 e. The molecule has 92 heavy (non-hydrogen) atoms. The van der Waals surface area contributed by atoms with E-state index in [0.717, 1.165) is 78.7 Å². The second kappa shape index (κ2) is 29.3. The molecule has 0 spiro atoms.